The molecule has 4 nitrogen and oxygen atoms in total. The minimum absolute atomic E-state index is 0.153. The number of hydrogen-bond acceptors (Lipinski definition) is 3. The minimum atomic E-state index is -0.365. The second kappa shape index (κ2) is 3.27. The predicted molar refractivity (Wildman–Crippen MR) is 50.2 cm³/mol. The largest absolute Gasteiger partial charge is 0.368 e. The lowest BCUT2D eigenvalue weighted by Crippen LogP contribution is -2.68. The standard InChI is InChI=1S/C9H17N3O/c10-8(13)9(12-5-2-6-12)3-1-4-11-7-9/h11H,1-7H2,(H2,10,13). The molecule has 3 N–H and O–H groups in total. The van der Waals surface area contributed by atoms with Gasteiger partial charge in [0.05, 0.1) is 0 Å². The summed E-state index contributed by atoms with van der Waals surface area (Å²) in [4.78, 5) is 13.7. The molecule has 2 saturated heterocycles. The summed E-state index contributed by atoms with van der Waals surface area (Å²) >= 11 is 0. The number of nitrogens with zero attached hydrogens (tertiary/aromatic N) is 1. The van der Waals surface area contributed by atoms with Crippen LogP contribution in [0.4, 0.5) is 0 Å². The van der Waals surface area contributed by atoms with Crippen LogP contribution in [0.1, 0.15) is 19.3 Å². The molecule has 2 aliphatic rings. The summed E-state index contributed by atoms with van der Waals surface area (Å²) in [5.41, 5.74) is 5.13. The van der Waals surface area contributed by atoms with E-state index < -0.39 is 0 Å². The molecule has 1 atom stereocenters. The highest BCUT2D eigenvalue weighted by Gasteiger charge is 2.45. The van der Waals surface area contributed by atoms with E-state index in [9.17, 15) is 4.79 Å². The van der Waals surface area contributed by atoms with Crippen molar-refractivity contribution >= 4 is 5.91 Å². The van der Waals surface area contributed by atoms with Crippen LogP contribution in [0.3, 0.4) is 0 Å². The van der Waals surface area contributed by atoms with Gasteiger partial charge in [-0.15, -0.1) is 0 Å². The van der Waals surface area contributed by atoms with Gasteiger partial charge in [0.15, 0.2) is 0 Å². The topological polar surface area (TPSA) is 58.4 Å². The van der Waals surface area contributed by atoms with Gasteiger partial charge in [-0.1, -0.05) is 0 Å². The maximum Gasteiger partial charge on any atom is 0.239 e. The van der Waals surface area contributed by atoms with E-state index in [1.165, 1.54) is 6.42 Å². The maximum absolute atomic E-state index is 11.5. The molecule has 2 fully saturated rings. The highest BCUT2D eigenvalue weighted by molar-refractivity contribution is 5.85. The zero-order valence-corrected chi connectivity index (χ0v) is 7.88. The summed E-state index contributed by atoms with van der Waals surface area (Å²) in [6.45, 7) is 3.82. The Morgan fingerprint density at radius 2 is 2.15 bits per heavy atom. The number of carbonyl (C=O) groups is 1. The minimum Gasteiger partial charge on any atom is -0.368 e. The molecule has 2 aliphatic heterocycles. The molecule has 0 aliphatic carbocycles. The molecule has 74 valence electrons. The number of nitrogens with one attached hydrogen (secondary N) is 1. The van der Waals surface area contributed by atoms with Crippen molar-refractivity contribution in [2.45, 2.75) is 24.8 Å². The third kappa shape index (κ3) is 1.34. The first-order valence-corrected chi connectivity index (χ1v) is 5.01. The van der Waals surface area contributed by atoms with Crippen LogP contribution in [-0.4, -0.2) is 42.5 Å². The Labute approximate surface area is 78.5 Å². The molecule has 0 aromatic heterocycles. The smallest absolute Gasteiger partial charge is 0.239 e. The van der Waals surface area contributed by atoms with Crippen molar-refractivity contribution in [3.63, 3.8) is 0 Å². The molecule has 0 aromatic carbocycles. The SMILES string of the molecule is NC(=O)C1(N2CCC2)CCCNC1. The number of primary amides is 1. The second-order valence-electron chi connectivity index (χ2n) is 4.02. The van der Waals surface area contributed by atoms with Crippen LogP contribution >= 0.6 is 0 Å². The molecule has 2 heterocycles. The summed E-state index contributed by atoms with van der Waals surface area (Å²) in [5, 5.41) is 3.26. The highest BCUT2D eigenvalue weighted by atomic mass is 16.1. The van der Waals surface area contributed by atoms with Gasteiger partial charge in [-0.3, -0.25) is 9.69 Å². The van der Waals surface area contributed by atoms with Crippen LogP contribution in [0.25, 0.3) is 0 Å². The van der Waals surface area contributed by atoms with Crippen molar-refractivity contribution in [1.82, 2.24) is 10.2 Å². The van der Waals surface area contributed by atoms with Gasteiger partial charge in [-0.25, -0.2) is 0 Å². The second-order valence-corrected chi connectivity index (χ2v) is 4.02. The Hall–Kier alpha value is -0.610. The van der Waals surface area contributed by atoms with Gasteiger partial charge in [0.25, 0.3) is 0 Å². The number of amides is 1. The lowest BCUT2D eigenvalue weighted by molar-refractivity contribution is -0.134. The fraction of sp³-hybridized carbons (Fsp3) is 0.889. The van der Waals surface area contributed by atoms with E-state index in [0.29, 0.717) is 0 Å². The van der Waals surface area contributed by atoms with Gasteiger partial charge in [-0.05, 0) is 25.8 Å². The Morgan fingerprint density at radius 1 is 1.38 bits per heavy atom. The molecule has 2 rings (SSSR count). The van der Waals surface area contributed by atoms with E-state index in [1.54, 1.807) is 0 Å². The first-order chi connectivity index (χ1) is 6.26. The summed E-state index contributed by atoms with van der Waals surface area (Å²) in [6.07, 6.45) is 3.18. The Bertz CT molecular complexity index is 207. The molecule has 0 saturated carbocycles. The van der Waals surface area contributed by atoms with Crippen molar-refractivity contribution in [2.75, 3.05) is 26.2 Å². The number of carbonyl (C=O) groups excluding carboxylic acids is 1. The van der Waals surface area contributed by atoms with Gasteiger partial charge in [0.2, 0.25) is 5.91 Å². The van der Waals surface area contributed by atoms with Crippen LogP contribution in [0, 0.1) is 0 Å². The summed E-state index contributed by atoms with van der Waals surface area (Å²) in [5.74, 6) is -0.153. The molecule has 1 amide bonds. The van der Waals surface area contributed by atoms with E-state index in [1.807, 2.05) is 0 Å². The fourth-order valence-electron chi connectivity index (χ4n) is 2.27. The number of piperidine rings is 1. The summed E-state index contributed by atoms with van der Waals surface area (Å²) < 4.78 is 0. The van der Waals surface area contributed by atoms with E-state index in [2.05, 4.69) is 10.2 Å². The monoisotopic (exact) mass is 183 g/mol. The predicted octanol–water partition coefficient (Wildman–Crippen LogP) is -0.700. The zero-order chi connectivity index (χ0) is 9.31. The molecule has 0 aromatic rings. The quantitative estimate of drug-likeness (QED) is 0.595. The first-order valence-electron chi connectivity index (χ1n) is 5.01. The van der Waals surface area contributed by atoms with Gasteiger partial charge >= 0.3 is 0 Å². The van der Waals surface area contributed by atoms with Crippen LogP contribution in [0.2, 0.25) is 0 Å². The number of likely N-dealkylation sites (tertiary alicyclic amines) is 1. The number of rotatable bonds is 2. The third-order valence-corrected chi connectivity index (χ3v) is 3.28. The normalized spacial score (nSPS) is 35.4. The molecular formula is C9H17N3O. The molecule has 0 radical (unpaired) electrons. The lowest BCUT2D eigenvalue weighted by atomic mass is 9.85. The van der Waals surface area contributed by atoms with E-state index in [-0.39, 0.29) is 11.4 Å². The van der Waals surface area contributed by atoms with Gasteiger partial charge < -0.3 is 11.1 Å². The first kappa shape index (κ1) is 8.97. The molecule has 13 heavy (non-hydrogen) atoms. The maximum atomic E-state index is 11.5. The fourth-order valence-corrected chi connectivity index (χ4v) is 2.27. The average Bonchev–Trinajstić information content (AvgIpc) is 2.02. The molecule has 1 unspecified atom stereocenters. The van der Waals surface area contributed by atoms with E-state index in [0.717, 1.165) is 39.0 Å². The number of nitrogens with two attached hydrogens (primary N) is 1. The van der Waals surface area contributed by atoms with Crippen molar-refractivity contribution < 1.29 is 4.79 Å². The Kier molecular flexibility index (Phi) is 2.26. The van der Waals surface area contributed by atoms with Crippen LogP contribution in [-0.2, 0) is 4.79 Å². The van der Waals surface area contributed by atoms with Crippen LogP contribution in [0.5, 0.6) is 0 Å². The van der Waals surface area contributed by atoms with Gasteiger partial charge in [0.1, 0.15) is 5.54 Å². The zero-order valence-electron chi connectivity index (χ0n) is 7.88. The van der Waals surface area contributed by atoms with Crippen molar-refractivity contribution in [1.29, 1.82) is 0 Å². The van der Waals surface area contributed by atoms with Gasteiger partial charge in [0, 0.05) is 19.6 Å². The number of hydrogen-bond donors (Lipinski definition) is 2. The lowest BCUT2D eigenvalue weighted by Gasteiger charge is -2.48. The van der Waals surface area contributed by atoms with E-state index in [4.69, 9.17) is 5.73 Å². The summed E-state index contributed by atoms with van der Waals surface area (Å²) in [7, 11) is 0. The molecule has 4 heteroatoms. The van der Waals surface area contributed by atoms with Crippen molar-refractivity contribution in [3.8, 4) is 0 Å². The van der Waals surface area contributed by atoms with Gasteiger partial charge in [-0.2, -0.15) is 0 Å². The Morgan fingerprint density at radius 3 is 2.54 bits per heavy atom. The van der Waals surface area contributed by atoms with Crippen molar-refractivity contribution in [3.05, 3.63) is 0 Å². The third-order valence-electron chi connectivity index (χ3n) is 3.28. The van der Waals surface area contributed by atoms with E-state index >= 15 is 0 Å². The summed E-state index contributed by atoms with van der Waals surface area (Å²) in [6, 6.07) is 0. The average molecular weight is 183 g/mol. The van der Waals surface area contributed by atoms with Crippen molar-refractivity contribution in [2.24, 2.45) is 5.73 Å². The Balaban J connectivity index is 2.12. The molecule has 0 bridgehead atoms. The molecular weight excluding hydrogens is 166 g/mol. The van der Waals surface area contributed by atoms with Crippen LogP contribution < -0.4 is 11.1 Å². The molecule has 0 spiro atoms. The highest BCUT2D eigenvalue weighted by Crippen LogP contribution is 2.28. The van der Waals surface area contributed by atoms with Crippen LogP contribution in [0.15, 0.2) is 0 Å².